The minimum atomic E-state index is -0.0755. The van der Waals surface area contributed by atoms with E-state index in [9.17, 15) is 0 Å². The van der Waals surface area contributed by atoms with E-state index in [0.29, 0.717) is 11.1 Å². The van der Waals surface area contributed by atoms with Gasteiger partial charge in [-0.15, -0.1) is 28.6 Å². The fourth-order valence-corrected chi connectivity index (χ4v) is 7.45. The van der Waals surface area contributed by atoms with E-state index >= 15 is 0 Å². The Kier molecular flexibility index (Phi) is 8.70. The van der Waals surface area contributed by atoms with Crippen LogP contribution in [0.3, 0.4) is 0 Å². The summed E-state index contributed by atoms with van der Waals surface area (Å²) >= 11 is 3.33. The van der Waals surface area contributed by atoms with Gasteiger partial charge in [0.15, 0.2) is 0 Å². The summed E-state index contributed by atoms with van der Waals surface area (Å²) in [6.45, 7) is 15.8. The molecular formula is C25H31PSZr. The molecule has 3 heteroatoms. The summed E-state index contributed by atoms with van der Waals surface area (Å²) in [7, 11) is -0.0755. The van der Waals surface area contributed by atoms with Gasteiger partial charge in [-0.05, 0) is 18.3 Å². The second kappa shape index (κ2) is 10.2. The van der Waals surface area contributed by atoms with E-state index in [2.05, 4.69) is 97.3 Å². The molecule has 0 aromatic heterocycles. The van der Waals surface area contributed by atoms with Crippen LogP contribution in [0.1, 0.15) is 48.5 Å². The van der Waals surface area contributed by atoms with Crippen molar-refractivity contribution in [3.63, 3.8) is 0 Å². The van der Waals surface area contributed by atoms with Gasteiger partial charge in [0.1, 0.15) is 0 Å². The van der Waals surface area contributed by atoms with Gasteiger partial charge >= 0.3 is 41.3 Å². The average Bonchev–Trinajstić information content (AvgIpc) is 3.25. The van der Waals surface area contributed by atoms with Crippen LogP contribution < -0.4 is 0 Å². The number of hydrogen-bond donors (Lipinski definition) is 0. The molecule has 0 nitrogen and oxygen atoms in total. The second-order valence-electron chi connectivity index (χ2n) is 8.40. The van der Waals surface area contributed by atoms with Crippen molar-refractivity contribution in [2.45, 2.75) is 53.6 Å². The molecule has 1 aliphatic heterocycles. The van der Waals surface area contributed by atoms with E-state index in [1.807, 2.05) is 6.08 Å². The van der Waals surface area contributed by atoms with Crippen molar-refractivity contribution in [3.8, 4) is 0 Å². The first kappa shape index (κ1) is 24.0. The zero-order chi connectivity index (χ0) is 21.1. The maximum absolute atomic E-state index is 3.51. The monoisotopic (exact) mass is 484 g/mol. The fraction of sp³-hybridized carbons (Fsp3) is 0.400. The number of hydrogen-bond acceptors (Lipinski definition) is 1. The number of rotatable bonds is 1. The quantitative estimate of drug-likeness (QED) is 0.271. The van der Waals surface area contributed by atoms with Crippen LogP contribution in [0.5, 0.6) is 0 Å². The molecule has 146 valence electrons. The Morgan fingerprint density at radius 3 is 2.39 bits per heavy atom. The molecule has 0 fully saturated rings. The molecule has 0 aromatic rings. The van der Waals surface area contributed by atoms with E-state index in [1.165, 1.54) is 24.8 Å². The Bertz CT molecular complexity index is 849. The third kappa shape index (κ3) is 6.11. The van der Waals surface area contributed by atoms with Crippen molar-refractivity contribution in [3.05, 3.63) is 80.9 Å². The van der Waals surface area contributed by atoms with E-state index < -0.39 is 0 Å². The van der Waals surface area contributed by atoms with Crippen LogP contribution >= 0.6 is 19.7 Å². The topological polar surface area (TPSA) is 0 Å². The predicted octanol–water partition coefficient (Wildman–Crippen LogP) is 7.67. The minimum absolute atomic E-state index is 0.0755. The van der Waals surface area contributed by atoms with Gasteiger partial charge < -0.3 is 0 Å². The summed E-state index contributed by atoms with van der Waals surface area (Å²) in [5, 5.41) is 3.62. The van der Waals surface area contributed by atoms with Crippen LogP contribution in [0.2, 0.25) is 0 Å². The summed E-state index contributed by atoms with van der Waals surface area (Å²) in [4.78, 5) is 1.33. The molecule has 0 aromatic carbocycles. The van der Waals surface area contributed by atoms with Crippen LogP contribution in [0, 0.1) is 18.1 Å². The van der Waals surface area contributed by atoms with Gasteiger partial charge in [-0.3, -0.25) is 6.08 Å². The van der Waals surface area contributed by atoms with E-state index in [4.69, 9.17) is 0 Å². The molecule has 0 radical (unpaired) electrons. The molecule has 0 spiro atoms. The molecule has 0 bridgehead atoms. The maximum atomic E-state index is 3.51. The van der Waals surface area contributed by atoms with Gasteiger partial charge in [0.05, 0.1) is 0 Å². The zero-order valence-electron chi connectivity index (χ0n) is 18.4. The number of allylic oxidation sites excluding steroid dienone is 13. The van der Waals surface area contributed by atoms with Gasteiger partial charge in [0.25, 0.3) is 0 Å². The molecule has 0 saturated carbocycles. The first-order valence-electron chi connectivity index (χ1n) is 9.63. The normalized spacial score (nSPS) is 23.8. The van der Waals surface area contributed by atoms with Crippen LogP contribution in [-0.4, -0.2) is 14.6 Å². The molecule has 28 heavy (non-hydrogen) atoms. The Labute approximate surface area is 192 Å². The predicted molar refractivity (Wildman–Crippen MR) is 126 cm³/mol. The fourth-order valence-electron chi connectivity index (χ4n) is 3.59. The average molecular weight is 486 g/mol. The molecule has 0 amide bonds. The summed E-state index contributed by atoms with van der Waals surface area (Å²) in [5.74, 6) is 0.514. The van der Waals surface area contributed by atoms with Crippen molar-refractivity contribution in [1.29, 1.82) is 0 Å². The van der Waals surface area contributed by atoms with E-state index in [-0.39, 0.29) is 7.92 Å². The third-order valence-corrected chi connectivity index (χ3v) is 8.32. The molecule has 2 unspecified atom stereocenters. The van der Waals surface area contributed by atoms with Gasteiger partial charge in [0, 0.05) is 0 Å². The van der Waals surface area contributed by atoms with Crippen molar-refractivity contribution in [1.82, 2.24) is 0 Å². The first-order valence-corrected chi connectivity index (χ1v) is 13.4. The van der Waals surface area contributed by atoms with Crippen LogP contribution in [0.4, 0.5) is 0 Å². The molecule has 3 aliphatic carbocycles. The molecule has 0 saturated heterocycles. The van der Waals surface area contributed by atoms with E-state index in [0.717, 1.165) is 0 Å². The Hall–Kier alpha value is -0.287. The molecular weight excluding hydrogens is 455 g/mol. The van der Waals surface area contributed by atoms with E-state index in [1.54, 1.807) is 46.6 Å². The molecule has 4 rings (SSSR count). The van der Waals surface area contributed by atoms with Crippen molar-refractivity contribution < 1.29 is 24.2 Å². The van der Waals surface area contributed by atoms with Gasteiger partial charge in [-0.25, -0.2) is 11.6 Å². The number of thioether (sulfide) groups is 1. The third-order valence-electron chi connectivity index (χ3n) is 4.42. The standard InChI is InChI=1S/C13H18P.C9H7S.C3H6.Zr/c1-9-6-11-8-10(2)14(12(11)7-9)13(3,4)5;1-10-9-6-5-7-3-2-4-8(7)9;1-3-2;/h7-8,11H,1-5H3;2-3,5-6H,1H3;1-2H3;/q2*-1;;+2. The van der Waals surface area contributed by atoms with Crippen LogP contribution in [0.15, 0.2) is 68.7 Å². The number of fused-ring (bicyclic) bond motifs is 2. The Morgan fingerprint density at radius 1 is 1.18 bits per heavy atom. The summed E-state index contributed by atoms with van der Waals surface area (Å²) in [6, 6.07) is 0. The van der Waals surface area contributed by atoms with Crippen LogP contribution in [0.25, 0.3) is 0 Å². The molecule has 1 heterocycles. The second-order valence-corrected chi connectivity index (χ2v) is 14.9. The van der Waals surface area contributed by atoms with Crippen molar-refractivity contribution in [2.24, 2.45) is 5.92 Å². The Morgan fingerprint density at radius 2 is 1.82 bits per heavy atom. The summed E-state index contributed by atoms with van der Waals surface area (Å²) in [6.07, 6.45) is 21.9. The van der Waals surface area contributed by atoms with Crippen LogP contribution in [-0.2, 0) is 24.2 Å². The first-order chi connectivity index (χ1) is 13.0. The van der Waals surface area contributed by atoms with Gasteiger partial charge in [-0.2, -0.15) is 23.9 Å². The molecule has 0 N–H and O–H groups in total. The summed E-state index contributed by atoms with van der Waals surface area (Å²) < 4.78 is 1.51. The Balaban J connectivity index is 0.000000175. The SMILES string of the molecule is CC1=[C-]C2C=C(C)P(C(C)(C)C)C2=C1.CSC1=CC=C2C=C[C-]=C21.C[C](C)=[Zr+2]. The molecule has 4 aliphatic rings. The van der Waals surface area contributed by atoms with Gasteiger partial charge in [-0.1, -0.05) is 63.9 Å². The van der Waals surface area contributed by atoms with Crippen molar-refractivity contribution in [2.75, 3.05) is 6.26 Å². The zero-order valence-corrected chi connectivity index (χ0v) is 22.6. The summed E-state index contributed by atoms with van der Waals surface area (Å²) in [5.41, 5.74) is 3.90. The van der Waals surface area contributed by atoms with Crippen molar-refractivity contribution >= 4 is 22.9 Å². The van der Waals surface area contributed by atoms with Gasteiger partial charge in [0.2, 0.25) is 0 Å². The molecule has 2 atom stereocenters.